The maximum Gasteiger partial charge on any atom is 0.307 e. The Kier molecular flexibility index (Phi) is 4.73. The minimum Gasteiger partial charge on any atom is -0.481 e. The monoisotopic (exact) mass is 249 g/mol. The van der Waals surface area contributed by atoms with E-state index in [4.69, 9.17) is 9.94 Å². The Hall–Kier alpha value is -1.39. The number of carboxylic acids is 1. The molecule has 0 saturated heterocycles. The quantitative estimate of drug-likeness (QED) is 0.759. The standard InChI is InChI=1S/C14H19NO3/c16-14(17)9-11-5-1-2-6-12(11)10-15-18-13-7-3-4-8-13/h1-2,5-6,13,15H,3-4,7-10H2,(H,16,17). The summed E-state index contributed by atoms with van der Waals surface area (Å²) in [6.45, 7) is 0.556. The van der Waals surface area contributed by atoms with Crippen LogP contribution in [0, 0.1) is 0 Å². The van der Waals surface area contributed by atoms with Crippen molar-refractivity contribution >= 4 is 5.97 Å². The first-order chi connectivity index (χ1) is 8.75. The van der Waals surface area contributed by atoms with Crippen molar-refractivity contribution in [1.82, 2.24) is 5.48 Å². The Labute approximate surface area is 107 Å². The molecule has 0 heterocycles. The Morgan fingerprint density at radius 1 is 1.28 bits per heavy atom. The summed E-state index contributed by atoms with van der Waals surface area (Å²) in [5, 5.41) is 8.84. The molecule has 1 aromatic rings. The smallest absolute Gasteiger partial charge is 0.307 e. The van der Waals surface area contributed by atoms with Crippen molar-refractivity contribution in [1.29, 1.82) is 0 Å². The second-order valence-corrected chi connectivity index (χ2v) is 4.68. The minimum atomic E-state index is -0.806. The third-order valence-electron chi connectivity index (χ3n) is 3.27. The highest BCUT2D eigenvalue weighted by Gasteiger charge is 2.15. The van der Waals surface area contributed by atoms with Gasteiger partial charge in [-0.3, -0.25) is 9.63 Å². The van der Waals surface area contributed by atoms with Crippen LogP contribution in [0.3, 0.4) is 0 Å². The predicted molar refractivity (Wildman–Crippen MR) is 68.0 cm³/mol. The van der Waals surface area contributed by atoms with Gasteiger partial charge in [-0.05, 0) is 24.0 Å². The first-order valence-corrected chi connectivity index (χ1v) is 6.43. The second-order valence-electron chi connectivity index (χ2n) is 4.68. The van der Waals surface area contributed by atoms with Crippen molar-refractivity contribution in [3.8, 4) is 0 Å². The number of nitrogens with one attached hydrogen (secondary N) is 1. The second kappa shape index (κ2) is 6.52. The lowest BCUT2D eigenvalue weighted by Crippen LogP contribution is -2.22. The lowest BCUT2D eigenvalue weighted by molar-refractivity contribution is -0.136. The highest BCUT2D eigenvalue weighted by molar-refractivity contribution is 5.70. The molecule has 1 aliphatic rings. The molecule has 4 heteroatoms. The molecule has 18 heavy (non-hydrogen) atoms. The van der Waals surface area contributed by atoms with Crippen LogP contribution in [-0.2, 0) is 22.6 Å². The van der Waals surface area contributed by atoms with E-state index in [1.54, 1.807) is 0 Å². The third-order valence-corrected chi connectivity index (χ3v) is 3.27. The molecule has 0 radical (unpaired) electrons. The van der Waals surface area contributed by atoms with Crippen LogP contribution in [-0.4, -0.2) is 17.2 Å². The number of hydrogen-bond donors (Lipinski definition) is 2. The van der Waals surface area contributed by atoms with Crippen molar-refractivity contribution in [3.63, 3.8) is 0 Å². The number of carboxylic acid groups (broad SMARTS) is 1. The summed E-state index contributed by atoms with van der Waals surface area (Å²) in [5.41, 5.74) is 4.79. The minimum absolute atomic E-state index is 0.0568. The summed E-state index contributed by atoms with van der Waals surface area (Å²) < 4.78 is 0. The average Bonchev–Trinajstić information content (AvgIpc) is 2.84. The predicted octanol–water partition coefficient (Wildman–Crippen LogP) is 2.28. The van der Waals surface area contributed by atoms with Gasteiger partial charge in [-0.1, -0.05) is 37.1 Å². The molecule has 0 aromatic heterocycles. The lowest BCUT2D eigenvalue weighted by atomic mass is 10.1. The maximum atomic E-state index is 10.8. The van der Waals surface area contributed by atoms with Gasteiger partial charge in [-0.2, -0.15) is 5.48 Å². The highest BCUT2D eigenvalue weighted by Crippen LogP contribution is 2.20. The van der Waals surface area contributed by atoms with E-state index in [9.17, 15) is 4.79 Å². The molecule has 1 fully saturated rings. The van der Waals surface area contributed by atoms with Gasteiger partial charge >= 0.3 is 5.97 Å². The molecule has 4 nitrogen and oxygen atoms in total. The molecule has 2 N–H and O–H groups in total. The Morgan fingerprint density at radius 2 is 1.94 bits per heavy atom. The number of hydrogen-bond acceptors (Lipinski definition) is 3. The van der Waals surface area contributed by atoms with Gasteiger partial charge in [-0.25, -0.2) is 0 Å². The van der Waals surface area contributed by atoms with E-state index in [1.165, 1.54) is 12.8 Å². The molecule has 0 bridgehead atoms. The Balaban J connectivity index is 1.85. The van der Waals surface area contributed by atoms with Crippen molar-refractivity contribution in [2.24, 2.45) is 0 Å². The van der Waals surface area contributed by atoms with Crippen molar-refractivity contribution in [2.45, 2.75) is 44.8 Å². The number of aliphatic carboxylic acids is 1. The van der Waals surface area contributed by atoms with E-state index in [-0.39, 0.29) is 6.42 Å². The third kappa shape index (κ3) is 3.82. The van der Waals surface area contributed by atoms with Gasteiger partial charge in [0, 0.05) is 6.54 Å². The van der Waals surface area contributed by atoms with Gasteiger partial charge in [0.25, 0.3) is 0 Å². The summed E-state index contributed by atoms with van der Waals surface area (Å²) >= 11 is 0. The zero-order chi connectivity index (χ0) is 12.8. The SMILES string of the molecule is O=C(O)Cc1ccccc1CNOC1CCCC1. The summed E-state index contributed by atoms with van der Waals surface area (Å²) in [6, 6.07) is 7.56. The molecule has 1 aromatic carbocycles. The van der Waals surface area contributed by atoms with Crippen molar-refractivity contribution < 1.29 is 14.7 Å². The number of benzene rings is 1. The van der Waals surface area contributed by atoms with E-state index in [2.05, 4.69) is 5.48 Å². The number of hydroxylamine groups is 1. The van der Waals surface area contributed by atoms with Crippen LogP contribution < -0.4 is 5.48 Å². The molecular formula is C14H19NO3. The highest BCUT2D eigenvalue weighted by atomic mass is 16.7. The Morgan fingerprint density at radius 3 is 2.61 bits per heavy atom. The molecule has 1 aliphatic carbocycles. The fourth-order valence-corrected chi connectivity index (χ4v) is 2.31. The summed E-state index contributed by atoms with van der Waals surface area (Å²) in [4.78, 5) is 16.3. The fraction of sp³-hybridized carbons (Fsp3) is 0.500. The summed E-state index contributed by atoms with van der Waals surface area (Å²) in [5.74, 6) is -0.806. The molecule has 0 spiro atoms. The van der Waals surface area contributed by atoms with Gasteiger partial charge < -0.3 is 5.11 Å². The van der Waals surface area contributed by atoms with Crippen LogP contribution in [0.5, 0.6) is 0 Å². The topological polar surface area (TPSA) is 58.6 Å². The zero-order valence-electron chi connectivity index (χ0n) is 10.4. The molecule has 2 rings (SSSR count). The molecule has 1 saturated carbocycles. The first-order valence-electron chi connectivity index (χ1n) is 6.43. The number of rotatable bonds is 6. The van der Waals surface area contributed by atoms with Crippen molar-refractivity contribution in [3.05, 3.63) is 35.4 Å². The van der Waals surface area contributed by atoms with Crippen LogP contribution in [0.25, 0.3) is 0 Å². The average molecular weight is 249 g/mol. The molecule has 0 unspecified atom stereocenters. The molecular weight excluding hydrogens is 230 g/mol. The largest absolute Gasteiger partial charge is 0.481 e. The Bertz CT molecular complexity index is 400. The maximum absolute atomic E-state index is 10.8. The summed E-state index contributed by atoms with van der Waals surface area (Å²) in [6.07, 6.45) is 5.08. The van der Waals surface area contributed by atoms with Gasteiger partial charge in [0.15, 0.2) is 0 Å². The van der Waals surface area contributed by atoms with Crippen LogP contribution in [0.4, 0.5) is 0 Å². The van der Waals surface area contributed by atoms with E-state index < -0.39 is 5.97 Å². The molecule has 0 amide bonds. The lowest BCUT2D eigenvalue weighted by Gasteiger charge is -2.13. The summed E-state index contributed by atoms with van der Waals surface area (Å²) in [7, 11) is 0. The van der Waals surface area contributed by atoms with Crippen LogP contribution in [0.2, 0.25) is 0 Å². The van der Waals surface area contributed by atoms with Crippen LogP contribution in [0.15, 0.2) is 24.3 Å². The molecule has 0 atom stereocenters. The van der Waals surface area contributed by atoms with Gasteiger partial charge in [0.2, 0.25) is 0 Å². The normalized spacial score (nSPS) is 16.0. The van der Waals surface area contributed by atoms with Gasteiger partial charge in [-0.15, -0.1) is 0 Å². The van der Waals surface area contributed by atoms with E-state index in [1.807, 2.05) is 24.3 Å². The van der Waals surface area contributed by atoms with Crippen molar-refractivity contribution in [2.75, 3.05) is 0 Å². The van der Waals surface area contributed by atoms with Gasteiger partial charge in [0.1, 0.15) is 0 Å². The van der Waals surface area contributed by atoms with E-state index in [0.717, 1.165) is 24.0 Å². The number of carbonyl (C=O) groups is 1. The van der Waals surface area contributed by atoms with E-state index >= 15 is 0 Å². The molecule has 98 valence electrons. The first kappa shape index (κ1) is 13.1. The van der Waals surface area contributed by atoms with Crippen LogP contribution in [0.1, 0.15) is 36.8 Å². The van der Waals surface area contributed by atoms with Crippen LogP contribution >= 0.6 is 0 Å². The zero-order valence-corrected chi connectivity index (χ0v) is 10.4. The fourth-order valence-electron chi connectivity index (χ4n) is 2.31. The molecule has 0 aliphatic heterocycles. The van der Waals surface area contributed by atoms with E-state index in [0.29, 0.717) is 12.6 Å². The van der Waals surface area contributed by atoms with Gasteiger partial charge in [0.05, 0.1) is 12.5 Å².